The molecule has 1 N–H and O–H groups in total. The van der Waals surface area contributed by atoms with Gasteiger partial charge in [0.25, 0.3) is 0 Å². The Bertz CT molecular complexity index is 496. The molecule has 0 aliphatic heterocycles. The molecule has 1 aliphatic carbocycles. The molecule has 6 nitrogen and oxygen atoms in total. The highest BCUT2D eigenvalue weighted by atomic mass is 16.5. The molecule has 0 spiro atoms. The number of benzene rings is 1. The number of carbonyl (C=O) groups excluding carboxylic acids is 2. The monoisotopic (exact) mass is 308 g/mol. The summed E-state index contributed by atoms with van der Waals surface area (Å²) < 4.78 is 9.70. The number of ether oxygens (including phenoxy) is 2. The van der Waals surface area contributed by atoms with Gasteiger partial charge in [-0.05, 0) is 38.8 Å². The first-order chi connectivity index (χ1) is 10.5. The maximum Gasteiger partial charge on any atom is 0.338 e. The number of esters is 2. The van der Waals surface area contributed by atoms with Crippen molar-refractivity contribution in [2.24, 2.45) is 5.92 Å². The lowest BCUT2D eigenvalue weighted by molar-refractivity contribution is -0.138. The Morgan fingerprint density at radius 1 is 1.00 bits per heavy atom. The van der Waals surface area contributed by atoms with Crippen LogP contribution in [-0.2, 0) is 14.3 Å². The van der Waals surface area contributed by atoms with Gasteiger partial charge in [-0.3, -0.25) is 4.79 Å². The molecule has 22 heavy (non-hydrogen) atoms. The van der Waals surface area contributed by atoms with Gasteiger partial charge in [-0.2, -0.15) is 0 Å². The summed E-state index contributed by atoms with van der Waals surface area (Å²) >= 11 is 0. The Kier molecular flexibility index (Phi) is 7.08. The van der Waals surface area contributed by atoms with Gasteiger partial charge in [-0.25, -0.2) is 9.59 Å². The van der Waals surface area contributed by atoms with E-state index in [2.05, 4.69) is 0 Å². The highest BCUT2D eigenvalue weighted by Gasteiger charge is 2.28. The number of rotatable bonds is 5. The summed E-state index contributed by atoms with van der Waals surface area (Å²) in [6, 6.07) is 6.44. The third kappa shape index (κ3) is 5.55. The number of hydrogen-bond acceptors (Lipinski definition) is 5. The predicted octanol–water partition coefficient (Wildman–Crippen LogP) is 2.52. The van der Waals surface area contributed by atoms with E-state index in [1.165, 1.54) is 0 Å². The largest absolute Gasteiger partial charge is 0.481 e. The van der Waals surface area contributed by atoms with Gasteiger partial charge >= 0.3 is 17.9 Å². The number of carbonyl (C=O) groups is 3. The summed E-state index contributed by atoms with van der Waals surface area (Å²) in [4.78, 5) is 32.8. The molecule has 1 aromatic rings. The summed E-state index contributed by atoms with van der Waals surface area (Å²) in [5.41, 5.74) is 0.477. The molecule has 0 heterocycles. The molecule has 1 aromatic carbocycles. The second kappa shape index (κ2) is 8.81. The quantitative estimate of drug-likeness (QED) is 0.841. The SMILES string of the molecule is CCOC(=O)c1ccccc1C(=O)OCC.O=C(O)C1CC1. The molecule has 0 unspecified atom stereocenters. The van der Waals surface area contributed by atoms with Crippen LogP contribution in [0.5, 0.6) is 0 Å². The summed E-state index contributed by atoms with van der Waals surface area (Å²) in [6.45, 7) is 3.97. The zero-order valence-corrected chi connectivity index (χ0v) is 12.7. The molecule has 2 rings (SSSR count). The van der Waals surface area contributed by atoms with E-state index in [1.54, 1.807) is 38.1 Å². The molecule has 0 saturated heterocycles. The molecule has 1 fully saturated rings. The second-order valence-electron chi connectivity index (χ2n) is 4.60. The maximum atomic E-state index is 11.5. The lowest BCUT2D eigenvalue weighted by atomic mass is 10.1. The number of carboxylic acids is 1. The predicted molar refractivity (Wildman–Crippen MR) is 78.7 cm³/mol. The van der Waals surface area contributed by atoms with Gasteiger partial charge < -0.3 is 14.6 Å². The van der Waals surface area contributed by atoms with Crippen molar-refractivity contribution in [1.82, 2.24) is 0 Å². The summed E-state index contributed by atoms with van der Waals surface area (Å²) in [6.07, 6.45) is 1.80. The van der Waals surface area contributed by atoms with Crippen LogP contribution >= 0.6 is 0 Å². The fourth-order valence-corrected chi connectivity index (χ4v) is 1.59. The maximum absolute atomic E-state index is 11.5. The molecule has 120 valence electrons. The van der Waals surface area contributed by atoms with Crippen molar-refractivity contribution < 1.29 is 29.0 Å². The minimum absolute atomic E-state index is 0.0185. The molecule has 0 bridgehead atoms. The lowest BCUT2D eigenvalue weighted by Gasteiger charge is -2.07. The first-order valence-electron chi connectivity index (χ1n) is 7.17. The van der Waals surface area contributed by atoms with E-state index in [4.69, 9.17) is 14.6 Å². The van der Waals surface area contributed by atoms with E-state index < -0.39 is 17.9 Å². The van der Waals surface area contributed by atoms with Crippen LogP contribution in [0, 0.1) is 5.92 Å². The van der Waals surface area contributed by atoms with Gasteiger partial charge in [0.05, 0.1) is 30.3 Å². The summed E-state index contributed by atoms with van der Waals surface area (Å²) in [7, 11) is 0. The fourth-order valence-electron chi connectivity index (χ4n) is 1.59. The molecule has 0 amide bonds. The van der Waals surface area contributed by atoms with Crippen LogP contribution in [-0.4, -0.2) is 36.2 Å². The number of aliphatic carboxylic acids is 1. The van der Waals surface area contributed by atoms with Crippen molar-refractivity contribution in [3.05, 3.63) is 35.4 Å². The van der Waals surface area contributed by atoms with Crippen molar-refractivity contribution in [2.75, 3.05) is 13.2 Å². The first kappa shape index (κ1) is 17.7. The molecule has 0 atom stereocenters. The van der Waals surface area contributed by atoms with E-state index >= 15 is 0 Å². The van der Waals surface area contributed by atoms with E-state index in [1.807, 2.05) is 0 Å². The van der Waals surface area contributed by atoms with Gasteiger partial charge in [0.1, 0.15) is 0 Å². The van der Waals surface area contributed by atoms with Crippen LogP contribution in [0.25, 0.3) is 0 Å². The number of hydrogen-bond donors (Lipinski definition) is 1. The molecule has 1 saturated carbocycles. The van der Waals surface area contributed by atoms with Crippen LogP contribution in [0.4, 0.5) is 0 Å². The molecule has 0 aromatic heterocycles. The van der Waals surface area contributed by atoms with Crippen molar-refractivity contribution in [2.45, 2.75) is 26.7 Å². The molecule has 6 heteroatoms. The normalized spacial score (nSPS) is 12.6. The van der Waals surface area contributed by atoms with Gasteiger partial charge in [0.15, 0.2) is 0 Å². The number of carboxylic acid groups (broad SMARTS) is 1. The van der Waals surface area contributed by atoms with Gasteiger partial charge in [0.2, 0.25) is 0 Å². The summed E-state index contributed by atoms with van der Waals surface area (Å²) in [5.74, 6) is -1.63. The van der Waals surface area contributed by atoms with E-state index in [0.29, 0.717) is 0 Å². The zero-order chi connectivity index (χ0) is 16.5. The van der Waals surface area contributed by atoms with Gasteiger partial charge in [0, 0.05) is 0 Å². The second-order valence-corrected chi connectivity index (χ2v) is 4.60. The topological polar surface area (TPSA) is 89.9 Å². The fraction of sp³-hybridized carbons (Fsp3) is 0.438. The first-order valence-corrected chi connectivity index (χ1v) is 7.17. The molecular weight excluding hydrogens is 288 g/mol. The lowest BCUT2D eigenvalue weighted by Crippen LogP contribution is -2.13. The highest BCUT2D eigenvalue weighted by Crippen LogP contribution is 2.28. The Morgan fingerprint density at radius 3 is 1.64 bits per heavy atom. The molecule has 0 radical (unpaired) electrons. The molecule has 1 aliphatic rings. The minimum atomic E-state index is -0.630. The minimum Gasteiger partial charge on any atom is -0.481 e. The average Bonchev–Trinajstić information content (AvgIpc) is 3.33. The van der Waals surface area contributed by atoms with Crippen LogP contribution in [0.1, 0.15) is 47.4 Å². The van der Waals surface area contributed by atoms with Crippen molar-refractivity contribution >= 4 is 17.9 Å². The van der Waals surface area contributed by atoms with Crippen molar-refractivity contribution in [3.63, 3.8) is 0 Å². The Hall–Kier alpha value is -2.37. The highest BCUT2D eigenvalue weighted by molar-refractivity contribution is 6.03. The summed E-state index contributed by atoms with van der Waals surface area (Å²) in [5, 5.41) is 8.05. The van der Waals surface area contributed by atoms with Crippen LogP contribution < -0.4 is 0 Å². The Balaban J connectivity index is 0.000000335. The average molecular weight is 308 g/mol. The van der Waals surface area contributed by atoms with E-state index in [0.717, 1.165) is 12.8 Å². The third-order valence-corrected chi connectivity index (χ3v) is 2.84. The van der Waals surface area contributed by atoms with Crippen molar-refractivity contribution in [1.29, 1.82) is 0 Å². The Labute approximate surface area is 129 Å². The van der Waals surface area contributed by atoms with E-state index in [-0.39, 0.29) is 30.3 Å². The van der Waals surface area contributed by atoms with Gasteiger partial charge in [-0.1, -0.05) is 12.1 Å². The third-order valence-electron chi connectivity index (χ3n) is 2.84. The van der Waals surface area contributed by atoms with Crippen molar-refractivity contribution in [3.8, 4) is 0 Å². The van der Waals surface area contributed by atoms with Crippen LogP contribution in [0.3, 0.4) is 0 Å². The van der Waals surface area contributed by atoms with Crippen LogP contribution in [0.2, 0.25) is 0 Å². The van der Waals surface area contributed by atoms with Gasteiger partial charge in [-0.15, -0.1) is 0 Å². The zero-order valence-electron chi connectivity index (χ0n) is 12.7. The standard InChI is InChI=1S/C12H14O4.C4H6O2/c1-3-15-11(13)9-7-5-6-8-10(9)12(14)16-4-2;5-4(6)3-1-2-3/h5-8H,3-4H2,1-2H3;3H,1-2H2,(H,5,6). The smallest absolute Gasteiger partial charge is 0.338 e. The molecular formula is C16H20O6. The van der Waals surface area contributed by atoms with E-state index in [9.17, 15) is 14.4 Å². The van der Waals surface area contributed by atoms with Crippen LogP contribution in [0.15, 0.2) is 24.3 Å². The Morgan fingerprint density at radius 2 is 1.41 bits per heavy atom.